The van der Waals surface area contributed by atoms with Gasteiger partial charge in [-0.15, -0.1) is 11.3 Å². The normalized spacial score (nSPS) is 17.2. The molecule has 0 saturated heterocycles. The van der Waals surface area contributed by atoms with E-state index >= 15 is 0 Å². The van der Waals surface area contributed by atoms with Gasteiger partial charge in [-0.25, -0.2) is 0 Å². The predicted molar refractivity (Wildman–Crippen MR) is 302 cm³/mol. The van der Waals surface area contributed by atoms with Crippen molar-refractivity contribution in [3.05, 3.63) is 173 Å². The Morgan fingerprint density at radius 3 is 1.84 bits per heavy atom. The van der Waals surface area contributed by atoms with Crippen molar-refractivity contribution in [3.63, 3.8) is 0 Å². The first-order valence-electron chi connectivity index (χ1n) is 25.4. The second-order valence-corrected chi connectivity index (χ2v) is 24.4. The molecule has 345 valence electrons. The molecule has 1 radical (unpaired) electrons. The molecule has 0 spiro atoms. The molecule has 8 aromatic carbocycles. The van der Waals surface area contributed by atoms with Crippen LogP contribution in [0, 0.1) is 6.92 Å². The zero-order valence-corrected chi connectivity index (χ0v) is 42.8. The number of furan rings is 1. The third kappa shape index (κ3) is 6.60. The van der Waals surface area contributed by atoms with Crippen LogP contribution in [-0.2, 0) is 21.7 Å². The van der Waals surface area contributed by atoms with Gasteiger partial charge in [0.15, 0.2) is 5.58 Å². The molecule has 10 aromatic rings. The number of nitrogens with zero attached hydrogens (tertiary/aromatic N) is 1. The quantitative estimate of drug-likeness (QED) is 0.174. The van der Waals surface area contributed by atoms with Crippen molar-refractivity contribution >= 4 is 100 Å². The summed E-state index contributed by atoms with van der Waals surface area (Å²) in [6.07, 6.45) is 4.67. The molecule has 0 amide bonds. The van der Waals surface area contributed by atoms with Crippen molar-refractivity contribution in [1.29, 1.82) is 0 Å². The average Bonchev–Trinajstić information content (AvgIpc) is 3.91. The SMILES string of the molecule is Cc1cc2c(cc1N1c3c(sc4cc5c(cc34)C(C)(C)CCC5(C)C)[B]c3c(-c4ccc5ccccc5c4Nc4ccc(-c5ccccc5)cc4)cc4c(oc5ccccc54)c31)C(C)(C)CCC2(C)C. The summed E-state index contributed by atoms with van der Waals surface area (Å²) in [5.41, 5.74) is 20.9. The van der Waals surface area contributed by atoms with E-state index in [2.05, 4.69) is 225 Å². The Morgan fingerprint density at radius 1 is 0.529 bits per heavy atom. The van der Waals surface area contributed by atoms with E-state index in [4.69, 9.17) is 4.42 Å². The number of benzene rings is 8. The molecule has 2 aliphatic carbocycles. The fourth-order valence-corrected chi connectivity index (χ4v) is 13.7. The number of aryl methyl sites for hydroxylation is 1. The lowest BCUT2D eigenvalue weighted by Gasteiger charge is -2.43. The van der Waals surface area contributed by atoms with E-state index in [-0.39, 0.29) is 21.7 Å². The third-order valence-electron chi connectivity index (χ3n) is 17.0. The summed E-state index contributed by atoms with van der Waals surface area (Å²) in [5.74, 6) is 0. The summed E-state index contributed by atoms with van der Waals surface area (Å²) in [4.78, 5) is 2.66. The molecule has 13 rings (SSSR count). The standard InChI is InChI=1S/C65H60BN2OS/c1-38-33-49-51(64(6,7)31-29-62(49,2)3)36-53(38)68-58-48-35-50-52(65(8,9)32-30-63(50,4)5)37-55(48)70-61(58)66-56-46(34-47-44-21-15-16-22-54(44)69-60(47)59(56)68)45-28-25-41-19-13-14-20-43(41)57(45)67-42-26-23-40(24-27-42)39-17-11-10-12-18-39/h10-28,33-37,67H,29-32H2,1-9H3. The van der Waals surface area contributed by atoms with E-state index in [0.29, 0.717) is 0 Å². The topological polar surface area (TPSA) is 28.4 Å². The van der Waals surface area contributed by atoms with Crippen LogP contribution in [0.15, 0.2) is 150 Å². The Hall–Kier alpha value is -6.56. The molecule has 1 aliphatic heterocycles. The van der Waals surface area contributed by atoms with Crippen LogP contribution in [0.4, 0.5) is 28.4 Å². The van der Waals surface area contributed by atoms with E-state index in [1.807, 2.05) is 11.3 Å². The van der Waals surface area contributed by atoms with Crippen molar-refractivity contribution in [3.8, 4) is 22.3 Å². The Morgan fingerprint density at radius 2 is 1.13 bits per heavy atom. The highest BCUT2D eigenvalue weighted by molar-refractivity contribution is 7.29. The number of nitrogens with one attached hydrogen (secondary N) is 1. The fraction of sp³-hybridized carbons (Fsp3) is 0.262. The number of fused-ring (bicyclic) bond motifs is 11. The Balaban J connectivity index is 1.12. The number of anilines is 5. The molecule has 0 saturated carbocycles. The summed E-state index contributed by atoms with van der Waals surface area (Å²) in [5, 5.41) is 9.96. The highest BCUT2D eigenvalue weighted by Gasteiger charge is 2.42. The Kier molecular flexibility index (Phi) is 9.45. The van der Waals surface area contributed by atoms with Gasteiger partial charge in [0.25, 0.3) is 0 Å². The lowest BCUT2D eigenvalue weighted by atomic mass is 9.61. The second-order valence-electron chi connectivity index (χ2n) is 23.3. The van der Waals surface area contributed by atoms with E-state index < -0.39 is 0 Å². The lowest BCUT2D eigenvalue weighted by Crippen LogP contribution is -2.40. The molecule has 0 bridgehead atoms. The summed E-state index contributed by atoms with van der Waals surface area (Å²) in [7, 11) is 2.51. The van der Waals surface area contributed by atoms with Crippen LogP contribution in [0.2, 0.25) is 0 Å². The molecular weight excluding hydrogens is 868 g/mol. The zero-order chi connectivity index (χ0) is 48.1. The first-order chi connectivity index (χ1) is 33.6. The summed E-state index contributed by atoms with van der Waals surface area (Å²) < 4.78 is 9.87. The predicted octanol–water partition coefficient (Wildman–Crippen LogP) is 17.5. The summed E-state index contributed by atoms with van der Waals surface area (Å²) in [6, 6.07) is 54.3. The number of hydrogen-bond acceptors (Lipinski definition) is 4. The van der Waals surface area contributed by atoms with Crippen LogP contribution in [0.25, 0.3) is 65.1 Å². The maximum absolute atomic E-state index is 7.24. The Bertz CT molecular complexity index is 3790. The zero-order valence-electron chi connectivity index (χ0n) is 42.0. The van der Waals surface area contributed by atoms with Crippen molar-refractivity contribution in [2.45, 2.75) is 110 Å². The minimum atomic E-state index is 0.0216. The number of para-hydroxylation sites is 1. The van der Waals surface area contributed by atoms with Crippen LogP contribution in [-0.4, -0.2) is 7.28 Å². The van der Waals surface area contributed by atoms with Crippen molar-refractivity contribution in [2.75, 3.05) is 10.2 Å². The molecule has 3 aliphatic rings. The van der Waals surface area contributed by atoms with Crippen LogP contribution in [0.3, 0.4) is 0 Å². The number of hydrogen-bond donors (Lipinski definition) is 1. The van der Waals surface area contributed by atoms with Gasteiger partial charge in [-0.2, -0.15) is 0 Å². The fourth-order valence-electron chi connectivity index (χ4n) is 12.5. The second kappa shape index (κ2) is 15.2. The molecular formula is C65H60BN2OS. The largest absolute Gasteiger partial charge is 0.454 e. The number of rotatable bonds is 5. The molecule has 3 nitrogen and oxygen atoms in total. The highest BCUT2D eigenvalue weighted by atomic mass is 32.1. The monoisotopic (exact) mass is 927 g/mol. The van der Waals surface area contributed by atoms with E-state index in [1.54, 1.807) is 0 Å². The lowest BCUT2D eigenvalue weighted by molar-refractivity contribution is 0.332. The molecule has 0 unspecified atom stereocenters. The smallest absolute Gasteiger partial charge is 0.212 e. The first kappa shape index (κ1) is 43.5. The summed E-state index contributed by atoms with van der Waals surface area (Å²) in [6.45, 7) is 22.0. The molecule has 5 heteroatoms. The molecule has 1 N–H and O–H groups in total. The van der Waals surface area contributed by atoms with Crippen LogP contribution >= 0.6 is 11.3 Å². The third-order valence-corrected chi connectivity index (χ3v) is 18.0. The molecule has 2 aromatic heterocycles. The van der Waals surface area contributed by atoms with E-state index in [9.17, 15) is 0 Å². The Labute approximate surface area is 417 Å². The molecule has 0 fully saturated rings. The molecule has 0 atom stereocenters. The molecule has 3 heterocycles. The van der Waals surface area contributed by atoms with Gasteiger partial charge in [0.1, 0.15) is 5.58 Å². The minimum Gasteiger partial charge on any atom is -0.454 e. The number of thiophene rings is 1. The maximum Gasteiger partial charge on any atom is 0.212 e. The van der Waals surface area contributed by atoms with Gasteiger partial charge >= 0.3 is 0 Å². The van der Waals surface area contributed by atoms with Gasteiger partial charge in [-0.05, 0) is 157 Å². The van der Waals surface area contributed by atoms with Crippen molar-refractivity contribution in [2.24, 2.45) is 0 Å². The van der Waals surface area contributed by atoms with Gasteiger partial charge in [0.05, 0.1) is 17.1 Å². The van der Waals surface area contributed by atoms with Gasteiger partial charge < -0.3 is 14.6 Å². The van der Waals surface area contributed by atoms with Gasteiger partial charge in [-0.3, -0.25) is 0 Å². The van der Waals surface area contributed by atoms with Crippen LogP contribution in [0.5, 0.6) is 0 Å². The highest BCUT2D eigenvalue weighted by Crippen LogP contribution is 2.55. The van der Waals surface area contributed by atoms with Crippen molar-refractivity contribution in [1.82, 2.24) is 0 Å². The van der Waals surface area contributed by atoms with Gasteiger partial charge in [0, 0.05) is 43.2 Å². The van der Waals surface area contributed by atoms with Crippen molar-refractivity contribution < 1.29 is 4.42 Å². The van der Waals surface area contributed by atoms with E-state index in [0.717, 1.165) is 51.0 Å². The molecule has 70 heavy (non-hydrogen) atoms. The average molecular weight is 928 g/mol. The van der Waals surface area contributed by atoms with Crippen LogP contribution < -0.4 is 20.5 Å². The maximum atomic E-state index is 7.24. The minimum absolute atomic E-state index is 0.0216. The first-order valence-corrected chi connectivity index (χ1v) is 26.2. The van der Waals surface area contributed by atoms with E-state index in [1.165, 1.54) is 106 Å². The van der Waals surface area contributed by atoms with Crippen LogP contribution in [0.1, 0.15) is 109 Å². The van der Waals surface area contributed by atoms with Gasteiger partial charge in [-0.1, -0.05) is 159 Å². The summed E-state index contributed by atoms with van der Waals surface area (Å²) >= 11 is 1.95. The van der Waals surface area contributed by atoms with Gasteiger partial charge in [0.2, 0.25) is 7.28 Å².